The first-order valence-corrected chi connectivity index (χ1v) is 8.29. The molecule has 2 amide bonds. The predicted octanol–water partition coefficient (Wildman–Crippen LogP) is 0.922. The van der Waals surface area contributed by atoms with E-state index in [1.54, 1.807) is 0 Å². The minimum atomic E-state index is -5.09. The van der Waals surface area contributed by atoms with Gasteiger partial charge in [0.15, 0.2) is 5.69 Å². The van der Waals surface area contributed by atoms with Crippen LogP contribution in [0.2, 0.25) is 0 Å². The topological polar surface area (TPSA) is 105 Å². The van der Waals surface area contributed by atoms with Crippen molar-refractivity contribution < 1.29 is 32.3 Å². The van der Waals surface area contributed by atoms with E-state index in [-0.39, 0.29) is 18.9 Å². The molecule has 2 N–H and O–H groups in total. The van der Waals surface area contributed by atoms with Crippen molar-refractivity contribution in [3.8, 4) is 5.75 Å². The van der Waals surface area contributed by atoms with Crippen molar-refractivity contribution in [3.05, 3.63) is 57.5 Å². The molecule has 0 bridgehead atoms. The first kappa shape index (κ1) is 20.3. The van der Waals surface area contributed by atoms with E-state index in [1.807, 2.05) is 0 Å². The first-order chi connectivity index (χ1) is 13.6. The van der Waals surface area contributed by atoms with Gasteiger partial charge in [0.05, 0.1) is 6.54 Å². The second-order valence-electron chi connectivity index (χ2n) is 6.22. The Morgan fingerprint density at radius 3 is 2.45 bits per heavy atom. The smallest absolute Gasteiger partial charge is 0.471 e. The maximum atomic E-state index is 12.9. The molecule has 2 heterocycles. The van der Waals surface area contributed by atoms with Gasteiger partial charge in [0.2, 0.25) is 5.75 Å². The van der Waals surface area contributed by atoms with Crippen molar-refractivity contribution in [2.75, 3.05) is 6.54 Å². The van der Waals surface area contributed by atoms with E-state index in [0.29, 0.717) is 10.5 Å². The lowest BCUT2D eigenvalue weighted by Gasteiger charge is -2.29. The largest absolute Gasteiger partial charge is 0.501 e. The summed E-state index contributed by atoms with van der Waals surface area (Å²) >= 11 is 0. The van der Waals surface area contributed by atoms with E-state index in [4.69, 9.17) is 0 Å². The number of fused-ring (bicyclic) bond motifs is 1. The number of carbonyl (C=O) groups excluding carboxylic acids is 2. The van der Waals surface area contributed by atoms with Crippen molar-refractivity contribution in [1.29, 1.82) is 0 Å². The van der Waals surface area contributed by atoms with Gasteiger partial charge in [0.25, 0.3) is 11.5 Å². The van der Waals surface area contributed by atoms with E-state index in [0.717, 1.165) is 4.57 Å². The number of aromatic hydroxyl groups is 1. The minimum Gasteiger partial charge on any atom is -0.501 e. The first-order valence-electron chi connectivity index (χ1n) is 8.29. The lowest BCUT2D eigenvalue weighted by atomic mass is 10.2. The van der Waals surface area contributed by atoms with Gasteiger partial charge in [0, 0.05) is 19.6 Å². The number of rotatable bonds is 3. The molecular formula is C17H14F4N4O4. The molecule has 1 aromatic heterocycles. The van der Waals surface area contributed by atoms with Gasteiger partial charge in [-0.25, -0.2) is 9.37 Å². The molecule has 154 valence electrons. The fraction of sp³-hybridized carbons (Fsp3) is 0.294. The fourth-order valence-electron chi connectivity index (χ4n) is 2.79. The Balaban J connectivity index is 1.83. The molecule has 12 heteroatoms. The zero-order chi connectivity index (χ0) is 21.3. The summed E-state index contributed by atoms with van der Waals surface area (Å²) in [7, 11) is 0. The van der Waals surface area contributed by atoms with E-state index in [1.165, 1.54) is 24.3 Å². The Morgan fingerprint density at radius 2 is 1.83 bits per heavy atom. The Bertz CT molecular complexity index is 1020. The summed E-state index contributed by atoms with van der Waals surface area (Å²) in [6, 6.07) is 5.17. The van der Waals surface area contributed by atoms with Crippen LogP contribution in [0.3, 0.4) is 0 Å². The number of benzene rings is 1. The summed E-state index contributed by atoms with van der Waals surface area (Å²) in [5.74, 6) is -4.73. The lowest BCUT2D eigenvalue weighted by molar-refractivity contribution is -0.187. The minimum absolute atomic E-state index is 0.0721. The van der Waals surface area contributed by atoms with Gasteiger partial charge < -0.3 is 15.3 Å². The maximum absolute atomic E-state index is 12.9. The Kier molecular flexibility index (Phi) is 5.27. The standard InChI is InChI=1S/C17H14F4N4O4/c18-10-3-1-9(2-4-10)7-22-14(27)12-13(26)15(28)25-6-5-24(8-11(25)23-12)16(29)17(19,20)21/h1-4,26H,5-8H2,(H,22,27). The summed E-state index contributed by atoms with van der Waals surface area (Å²) in [6.45, 7) is -1.43. The molecule has 0 spiro atoms. The molecule has 1 aromatic carbocycles. The average Bonchev–Trinajstić information content (AvgIpc) is 2.68. The number of amides is 2. The molecule has 0 radical (unpaired) electrons. The summed E-state index contributed by atoms with van der Waals surface area (Å²) in [4.78, 5) is 40.2. The lowest BCUT2D eigenvalue weighted by Crippen LogP contribution is -2.48. The number of aromatic nitrogens is 2. The zero-order valence-corrected chi connectivity index (χ0v) is 14.7. The Labute approximate surface area is 160 Å². The van der Waals surface area contributed by atoms with E-state index in [9.17, 15) is 37.1 Å². The molecule has 29 heavy (non-hydrogen) atoms. The SMILES string of the molecule is O=C(NCc1ccc(F)cc1)c1nc2n(c(=O)c1O)CCN(C(=O)C(F)(F)F)C2. The quantitative estimate of drug-likeness (QED) is 0.727. The summed E-state index contributed by atoms with van der Waals surface area (Å²) in [5.41, 5.74) is -1.15. The molecule has 1 aliphatic rings. The highest BCUT2D eigenvalue weighted by molar-refractivity contribution is 5.94. The predicted molar refractivity (Wildman–Crippen MR) is 89.2 cm³/mol. The number of hydrogen-bond donors (Lipinski definition) is 2. The Morgan fingerprint density at radius 1 is 1.17 bits per heavy atom. The van der Waals surface area contributed by atoms with Crippen LogP contribution in [0.15, 0.2) is 29.1 Å². The third kappa shape index (κ3) is 4.20. The Hall–Kier alpha value is -3.44. The van der Waals surface area contributed by atoms with Crippen molar-refractivity contribution in [2.45, 2.75) is 25.8 Å². The average molecular weight is 414 g/mol. The van der Waals surface area contributed by atoms with Crippen molar-refractivity contribution in [2.24, 2.45) is 0 Å². The summed E-state index contributed by atoms with van der Waals surface area (Å²) in [5, 5.41) is 12.4. The highest BCUT2D eigenvalue weighted by atomic mass is 19.4. The van der Waals surface area contributed by atoms with Crippen LogP contribution in [0, 0.1) is 5.82 Å². The third-order valence-electron chi connectivity index (χ3n) is 4.26. The van der Waals surface area contributed by atoms with Crippen molar-refractivity contribution in [1.82, 2.24) is 19.8 Å². The van der Waals surface area contributed by atoms with Gasteiger partial charge in [0.1, 0.15) is 11.6 Å². The van der Waals surface area contributed by atoms with Crippen LogP contribution in [-0.2, 0) is 24.4 Å². The third-order valence-corrected chi connectivity index (χ3v) is 4.26. The molecular weight excluding hydrogens is 400 g/mol. The number of nitrogens with one attached hydrogen (secondary N) is 1. The number of alkyl halides is 3. The van der Waals surface area contributed by atoms with Crippen LogP contribution >= 0.6 is 0 Å². The van der Waals surface area contributed by atoms with Crippen LogP contribution in [-0.4, -0.2) is 44.1 Å². The second-order valence-corrected chi connectivity index (χ2v) is 6.22. The van der Waals surface area contributed by atoms with E-state index >= 15 is 0 Å². The molecule has 3 rings (SSSR count). The van der Waals surface area contributed by atoms with Crippen molar-refractivity contribution in [3.63, 3.8) is 0 Å². The van der Waals surface area contributed by atoms with Gasteiger partial charge in [-0.05, 0) is 17.7 Å². The second kappa shape index (κ2) is 7.53. The van der Waals surface area contributed by atoms with E-state index < -0.39 is 53.9 Å². The normalized spacial score (nSPS) is 13.7. The highest BCUT2D eigenvalue weighted by Crippen LogP contribution is 2.22. The van der Waals surface area contributed by atoms with Crippen LogP contribution < -0.4 is 10.9 Å². The van der Waals surface area contributed by atoms with Crippen molar-refractivity contribution >= 4 is 11.8 Å². The maximum Gasteiger partial charge on any atom is 0.471 e. The summed E-state index contributed by atoms with van der Waals surface area (Å²) < 4.78 is 51.7. The molecule has 1 aliphatic heterocycles. The molecule has 0 aliphatic carbocycles. The highest BCUT2D eigenvalue weighted by Gasteiger charge is 2.43. The number of nitrogens with zero attached hydrogens (tertiary/aromatic N) is 3. The molecule has 0 saturated heterocycles. The zero-order valence-electron chi connectivity index (χ0n) is 14.7. The van der Waals surface area contributed by atoms with Gasteiger partial charge in [-0.3, -0.25) is 19.0 Å². The van der Waals surface area contributed by atoms with Crippen LogP contribution in [0.4, 0.5) is 17.6 Å². The monoisotopic (exact) mass is 414 g/mol. The molecule has 0 atom stereocenters. The van der Waals surface area contributed by atoms with Gasteiger partial charge in [-0.15, -0.1) is 0 Å². The van der Waals surface area contributed by atoms with Crippen LogP contribution in [0.25, 0.3) is 0 Å². The number of carbonyl (C=O) groups is 2. The summed E-state index contributed by atoms with van der Waals surface area (Å²) in [6.07, 6.45) is -5.09. The fourth-order valence-corrected chi connectivity index (χ4v) is 2.79. The van der Waals surface area contributed by atoms with Gasteiger partial charge in [-0.1, -0.05) is 12.1 Å². The molecule has 8 nitrogen and oxygen atoms in total. The van der Waals surface area contributed by atoms with Gasteiger partial charge in [-0.2, -0.15) is 13.2 Å². The number of halogens is 4. The van der Waals surface area contributed by atoms with Gasteiger partial charge >= 0.3 is 12.1 Å². The van der Waals surface area contributed by atoms with Crippen LogP contribution in [0.1, 0.15) is 21.9 Å². The van der Waals surface area contributed by atoms with E-state index in [2.05, 4.69) is 10.3 Å². The molecule has 0 unspecified atom stereocenters. The molecule has 2 aromatic rings. The van der Waals surface area contributed by atoms with Crippen LogP contribution in [0.5, 0.6) is 5.75 Å². The molecule has 0 fully saturated rings. The number of hydrogen-bond acceptors (Lipinski definition) is 5. The molecule has 0 saturated carbocycles.